The molecule has 0 bridgehead atoms. The first kappa shape index (κ1) is 20.3. The maximum absolute atomic E-state index is 12.3. The lowest BCUT2D eigenvalue weighted by atomic mass is 10.00. The van der Waals surface area contributed by atoms with Gasteiger partial charge in [-0.05, 0) is 29.7 Å². The fourth-order valence-corrected chi connectivity index (χ4v) is 4.24. The maximum Gasteiger partial charge on any atom is 0.316 e. The third-order valence-corrected chi connectivity index (χ3v) is 6.62. The van der Waals surface area contributed by atoms with Gasteiger partial charge in [0.2, 0.25) is 0 Å². The van der Waals surface area contributed by atoms with E-state index < -0.39 is 5.97 Å². The standard InChI is InChI=1S/C19H16Cl3NO3S/c20-14-5-6-15(19(22)18(14)21)27-11-17(25)26-10-16(24)23-8-7-12-3-1-2-4-13(12)9-23/h1-6H,7-11H2. The van der Waals surface area contributed by atoms with E-state index in [-0.39, 0.29) is 23.3 Å². The van der Waals surface area contributed by atoms with Crippen molar-refractivity contribution in [1.29, 1.82) is 0 Å². The number of rotatable bonds is 5. The van der Waals surface area contributed by atoms with Crippen molar-refractivity contribution in [2.75, 3.05) is 18.9 Å². The molecular weight excluding hydrogens is 429 g/mol. The zero-order chi connectivity index (χ0) is 19.4. The molecular formula is C19H16Cl3NO3S. The van der Waals surface area contributed by atoms with Gasteiger partial charge >= 0.3 is 5.97 Å². The average Bonchev–Trinajstić information content (AvgIpc) is 2.69. The highest BCUT2D eigenvalue weighted by atomic mass is 35.5. The van der Waals surface area contributed by atoms with Gasteiger partial charge in [-0.2, -0.15) is 0 Å². The molecule has 1 heterocycles. The van der Waals surface area contributed by atoms with Gasteiger partial charge < -0.3 is 9.64 Å². The van der Waals surface area contributed by atoms with Crippen LogP contribution in [0.4, 0.5) is 0 Å². The number of hydrogen-bond donors (Lipinski definition) is 0. The molecule has 0 aromatic heterocycles. The molecule has 2 aromatic carbocycles. The van der Waals surface area contributed by atoms with Gasteiger partial charge in [-0.25, -0.2) is 0 Å². The maximum atomic E-state index is 12.3. The lowest BCUT2D eigenvalue weighted by molar-refractivity contribution is -0.150. The number of carbonyl (C=O) groups is 2. The van der Waals surface area contributed by atoms with Gasteiger partial charge in [0.25, 0.3) is 5.91 Å². The van der Waals surface area contributed by atoms with Crippen LogP contribution in [0.3, 0.4) is 0 Å². The first-order chi connectivity index (χ1) is 13.0. The molecule has 4 nitrogen and oxygen atoms in total. The Morgan fingerprint density at radius 1 is 1.04 bits per heavy atom. The minimum Gasteiger partial charge on any atom is -0.455 e. The molecule has 1 aliphatic heterocycles. The number of nitrogens with zero attached hydrogens (tertiary/aromatic N) is 1. The van der Waals surface area contributed by atoms with Crippen LogP contribution in [0.2, 0.25) is 15.1 Å². The van der Waals surface area contributed by atoms with E-state index in [1.165, 1.54) is 17.3 Å². The van der Waals surface area contributed by atoms with E-state index in [1.807, 2.05) is 18.2 Å². The summed E-state index contributed by atoms with van der Waals surface area (Å²) in [6.45, 7) is 0.901. The van der Waals surface area contributed by atoms with Gasteiger partial charge in [0.1, 0.15) is 0 Å². The SMILES string of the molecule is O=C(CSc1ccc(Cl)c(Cl)c1Cl)OCC(=O)N1CCc2ccccc2C1. The number of thioether (sulfide) groups is 1. The normalized spacial score (nSPS) is 13.2. The van der Waals surface area contributed by atoms with Crippen molar-refractivity contribution in [2.45, 2.75) is 17.9 Å². The van der Waals surface area contributed by atoms with Crippen LogP contribution in [0.15, 0.2) is 41.3 Å². The van der Waals surface area contributed by atoms with E-state index in [2.05, 4.69) is 6.07 Å². The predicted octanol–water partition coefficient (Wildman–Crippen LogP) is 4.87. The van der Waals surface area contributed by atoms with E-state index >= 15 is 0 Å². The molecule has 1 aliphatic rings. The Morgan fingerprint density at radius 2 is 1.78 bits per heavy atom. The smallest absolute Gasteiger partial charge is 0.316 e. The highest BCUT2D eigenvalue weighted by molar-refractivity contribution is 8.00. The van der Waals surface area contributed by atoms with Crippen LogP contribution >= 0.6 is 46.6 Å². The molecule has 1 amide bonds. The minimum atomic E-state index is -0.493. The molecule has 0 spiro atoms. The van der Waals surface area contributed by atoms with E-state index in [1.54, 1.807) is 17.0 Å². The highest BCUT2D eigenvalue weighted by Gasteiger charge is 2.21. The lowest BCUT2D eigenvalue weighted by Crippen LogP contribution is -2.38. The molecule has 0 atom stereocenters. The number of hydrogen-bond acceptors (Lipinski definition) is 4. The Labute approximate surface area is 176 Å². The summed E-state index contributed by atoms with van der Waals surface area (Å²) in [6, 6.07) is 11.3. The quantitative estimate of drug-likeness (QED) is 0.375. The second kappa shape index (κ2) is 9.20. The van der Waals surface area contributed by atoms with Gasteiger partial charge in [-0.1, -0.05) is 59.1 Å². The van der Waals surface area contributed by atoms with Crippen molar-refractivity contribution in [3.05, 3.63) is 62.6 Å². The summed E-state index contributed by atoms with van der Waals surface area (Å²) in [7, 11) is 0. The third-order valence-electron chi connectivity index (χ3n) is 4.19. The molecule has 2 aromatic rings. The van der Waals surface area contributed by atoms with Gasteiger partial charge in [0, 0.05) is 18.0 Å². The molecule has 0 N–H and O–H groups in total. The van der Waals surface area contributed by atoms with Crippen molar-refractivity contribution in [3.8, 4) is 0 Å². The van der Waals surface area contributed by atoms with Gasteiger partial charge in [0.05, 0.1) is 20.8 Å². The lowest BCUT2D eigenvalue weighted by Gasteiger charge is -2.28. The number of benzene rings is 2. The fraction of sp³-hybridized carbons (Fsp3) is 0.263. The van der Waals surface area contributed by atoms with Crippen molar-refractivity contribution < 1.29 is 14.3 Å². The second-order valence-corrected chi connectivity index (χ2v) is 8.14. The summed E-state index contributed by atoms with van der Waals surface area (Å²) < 4.78 is 5.11. The first-order valence-electron chi connectivity index (χ1n) is 8.22. The minimum absolute atomic E-state index is 0.0216. The Kier molecular flexibility index (Phi) is 6.93. The molecule has 0 fully saturated rings. The molecule has 142 valence electrons. The Hall–Kier alpha value is -1.40. The Bertz CT molecular complexity index is 875. The Balaban J connectivity index is 1.47. The van der Waals surface area contributed by atoms with Crippen molar-refractivity contribution in [1.82, 2.24) is 4.90 Å². The van der Waals surface area contributed by atoms with Gasteiger partial charge in [0.15, 0.2) is 6.61 Å². The van der Waals surface area contributed by atoms with Gasteiger partial charge in [-0.3, -0.25) is 9.59 Å². The molecule has 0 saturated heterocycles. The van der Waals surface area contributed by atoms with Crippen LogP contribution in [0, 0.1) is 0 Å². The molecule has 0 radical (unpaired) electrons. The third kappa shape index (κ3) is 5.11. The van der Waals surface area contributed by atoms with Crippen molar-refractivity contribution >= 4 is 58.4 Å². The van der Waals surface area contributed by atoms with E-state index in [0.29, 0.717) is 28.0 Å². The zero-order valence-electron chi connectivity index (χ0n) is 14.2. The summed E-state index contributed by atoms with van der Waals surface area (Å²) in [6.07, 6.45) is 0.807. The predicted molar refractivity (Wildman–Crippen MR) is 109 cm³/mol. The topological polar surface area (TPSA) is 46.6 Å². The van der Waals surface area contributed by atoms with E-state index in [0.717, 1.165) is 12.0 Å². The highest BCUT2D eigenvalue weighted by Crippen LogP contribution is 2.37. The van der Waals surface area contributed by atoms with Crippen LogP contribution in [0.25, 0.3) is 0 Å². The number of carbonyl (C=O) groups excluding carboxylic acids is 2. The first-order valence-corrected chi connectivity index (χ1v) is 10.3. The molecule has 8 heteroatoms. The fourth-order valence-electron chi connectivity index (χ4n) is 2.74. The summed E-state index contributed by atoms with van der Waals surface area (Å²) in [5.41, 5.74) is 2.39. The number of esters is 1. The number of fused-ring (bicyclic) bond motifs is 1. The van der Waals surface area contributed by atoms with Crippen LogP contribution < -0.4 is 0 Å². The number of halogens is 3. The van der Waals surface area contributed by atoms with Crippen molar-refractivity contribution in [3.63, 3.8) is 0 Å². The second-order valence-electron chi connectivity index (χ2n) is 5.96. The van der Waals surface area contributed by atoms with Crippen LogP contribution in [0.1, 0.15) is 11.1 Å². The molecule has 0 saturated carbocycles. The van der Waals surface area contributed by atoms with Crippen LogP contribution in [-0.2, 0) is 27.3 Å². The monoisotopic (exact) mass is 443 g/mol. The molecule has 3 rings (SSSR count). The van der Waals surface area contributed by atoms with Crippen LogP contribution in [0.5, 0.6) is 0 Å². The number of amides is 1. The molecule has 0 unspecified atom stereocenters. The molecule has 0 aliphatic carbocycles. The largest absolute Gasteiger partial charge is 0.455 e. The zero-order valence-corrected chi connectivity index (χ0v) is 17.3. The summed E-state index contributed by atoms with van der Waals surface area (Å²) in [5, 5.41) is 0.893. The van der Waals surface area contributed by atoms with E-state index in [9.17, 15) is 9.59 Å². The number of ether oxygens (including phenoxy) is 1. The summed E-state index contributed by atoms with van der Waals surface area (Å²) in [4.78, 5) is 26.6. The average molecular weight is 445 g/mol. The summed E-state index contributed by atoms with van der Waals surface area (Å²) in [5.74, 6) is -0.670. The van der Waals surface area contributed by atoms with Gasteiger partial charge in [-0.15, -0.1) is 11.8 Å². The summed E-state index contributed by atoms with van der Waals surface area (Å²) >= 11 is 19.1. The van der Waals surface area contributed by atoms with Crippen LogP contribution in [-0.4, -0.2) is 35.7 Å². The van der Waals surface area contributed by atoms with E-state index in [4.69, 9.17) is 39.5 Å². The van der Waals surface area contributed by atoms with Crippen molar-refractivity contribution in [2.24, 2.45) is 0 Å². The Morgan fingerprint density at radius 3 is 2.56 bits per heavy atom. The molecule has 27 heavy (non-hydrogen) atoms.